The summed E-state index contributed by atoms with van der Waals surface area (Å²) < 4.78 is 17.2. The van der Waals surface area contributed by atoms with Crippen LogP contribution in [0.4, 0.5) is 0 Å². The first-order valence-corrected chi connectivity index (χ1v) is 5.17. The topological polar surface area (TPSA) is 27.7 Å². The average molecular weight is 259 g/mol. The molecule has 1 atom stereocenters. The van der Waals surface area contributed by atoms with Crippen LogP contribution in [0.3, 0.4) is 0 Å². The number of fused-ring (bicyclic) bond motifs is 1. The molecule has 1 aliphatic rings. The quantitative estimate of drug-likeness (QED) is 0.815. The molecule has 1 heterocycles. The number of halogens is 1. The van der Waals surface area contributed by atoms with Gasteiger partial charge in [0.15, 0.2) is 17.6 Å². The molecule has 0 saturated heterocycles. The summed E-state index contributed by atoms with van der Waals surface area (Å²) in [6.45, 7) is 1.09. The Morgan fingerprint density at radius 1 is 1.50 bits per heavy atom. The van der Waals surface area contributed by atoms with Gasteiger partial charge in [0.2, 0.25) is 0 Å². The van der Waals surface area contributed by atoms with Crippen LogP contribution in [0.1, 0.15) is 0 Å². The van der Waals surface area contributed by atoms with Gasteiger partial charge < -0.3 is 14.2 Å². The highest BCUT2D eigenvalue weighted by Crippen LogP contribution is 2.34. The van der Waals surface area contributed by atoms with E-state index in [0.717, 1.165) is 16.0 Å². The summed E-state index contributed by atoms with van der Waals surface area (Å²) in [6.07, 6.45) is -0.00586. The highest BCUT2D eigenvalue weighted by Gasteiger charge is 2.20. The third-order valence-corrected chi connectivity index (χ3v) is 2.47. The van der Waals surface area contributed by atoms with Gasteiger partial charge in [-0.25, -0.2) is 0 Å². The standard InChI is InChI=1S/C10H11BrO3/c1-12-5-8-6-13-10-4-7(11)2-3-9(10)14-8/h2-4,8H,5-6H2,1H3. The van der Waals surface area contributed by atoms with E-state index >= 15 is 0 Å². The molecule has 2 rings (SSSR count). The number of methoxy groups -OCH3 is 1. The maximum atomic E-state index is 5.66. The average Bonchev–Trinajstić information content (AvgIpc) is 2.19. The summed E-state index contributed by atoms with van der Waals surface area (Å²) in [5.41, 5.74) is 0. The van der Waals surface area contributed by atoms with Crippen molar-refractivity contribution in [1.29, 1.82) is 0 Å². The van der Waals surface area contributed by atoms with E-state index in [4.69, 9.17) is 14.2 Å². The third-order valence-electron chi connectivity index (χ3n) is 1.98. The van der Waals surface area contributed by atoms with Crippen molar-refractivity contribution in [2.75, 3.05) is 20.3 Å². The molecule has 76 valence electrons. The molecule has 1 unspecified atom stereocenters. The SMILES string of the molecule is COCC1COc2cc(Br)ccc2O1. The maximum Gasteiger partial charge on any atom is 0.162 e. The Bertz CT molecular complexity index is 327. The summed E-state index contributed by atoms with van der Waals surface area (Å²) in [5.74, 6) is 1.56. The molecule has 4 heteroatoms. The molecular weight excluding hydrogens is 248 g/mol. The zero-order chi connectivity index (χ0) is 9.97. The smallest absolute Gasteiger partial charge is 0.162 e. The van der Waals surface area contributed by atoms with Crippen molar-refractivity contribution in [2.24, 2.45) is 0 Å². The molecule has 0 fully saturated rings. The van der Waals surface area contributed by atoms with Gasteiger partial charge in [-0.05, 0) is 18.2 Å². The third kappa shape index (κ3) is 2.01. The van der Waals surface area contributed by atoms with Gasteiger partial charge in [0, 0.05) is 11.6 Å². The van der Waals surface area contributed by atoms with E-state index in [-0.39, 0.29) is 6.10 Å². The van der Waals surface area contributed by atoms with E-state index < -0.39 is 0 Å². The van der Waals surface area contributed by atoms with E-state index in [2.05, 4.69) is 15.9 Å². The lowest BCUT2D eigenvalue weighted by atomic mass is 10.3. The number of hydrogen-bond donors (Lipinski definition) is 0. The van der Waals surface area contributed by atoms with Gasteiger partial charge in [0.1, 0.15) is 6.61 Å². The second-order valence-electron chi connectivity index (χ2n) is 3.10. The highest BCUT2D eigenvalue weighted by molar-refractivity contribution is 9.10. The molecular formula is C10H11BrO3. The van der Waals surface area contributed by atoms with Gasteiger partial charge in [-0.2, -0.15) is 0 Å². The number of rotatable bonds is 2. The van der Waals surface area contributed by atoms with Crippen molar-refractivity contribution in [1.82, 2.24) is 0 Å². The minimum absolute atomic E-state index is 0.00586. The molecule has 0 amide bonds. The fourth-order valence-electron chi connectivity index (χ4n) is 1.36. The Hall–Kier alpha value is -0.740. The Morgan fingerprint density at radius 3 is 3.14 bits per heavy atom. The monoisotopic (exact) mass is 258 g/mol. The second kappa shape index (κ2) is 4.19. The van der Waals surface area contributed by atoms with Gasteiger partial charge in [-0.3, -0.25) is 0 Å². The zero-order valence-electron chi connectivity index (χ0n) is 7.83. The Labute approximate surface area is 91.1 Å². The molecule has 3 nitrogen and oxygen atoms in total. The molecule has 0 saturated carbocycles. The van der Waals surface area contributed by atoms with Crippen LogP contribution in [0.25, 0.3) is 0 Å². The minimum Gasteiger partial charge on any atom is -0.486 e. The van der Waals surface area contributed by atoms with Crippen LogP contribution in [0.5, 0.6) is 11.5 Å². The number of hydrogen-bond acceptors (Lipinski definition) is 3. The van der Waals surface area contributed by atoms with Gasteiger partial charge in [0.05, 0.1) is 6.61 Å². The van der Waals surface area contributed by atoms with Crippen molar-refractivity contribution >= 4 is 15.9 Å². The molecule has 0 radical (unpaired) electrons. The van der Waals surface area contributed by atoms with Crippen molar-refractivity contribution in [3.8, 4) is 11.5 Å². The molecule has 0 bridgehead atoms. The van der Waals surface area contributed by atoms with Crippen LogP contribution < -0.4 is 9.47 Å². The molecule has 14 heavy (non-hydrogen) atoms. The predicted octanol–water partition coefficient (Wildman–Crippen LogP) is 2.24. The first kappa shape index (κ1) is 9.80. The molecule has 0 spiro atoms. The largest absolute Gasteiger partial charge is 0.486 e. The molecule has 1 aromatic rings. The predicted molar refractivity (Wildman–Crippen MR) is 55.9 cm³/mol. The highest BCUT2D eigenvalue weighted by atomic mass is 79.9. The van der Waals surface area contributed by atoms with Crippen molar-refractivity contribution in [2.45, 2.75) is 6.10 Å². The Morgan fingerprint density at radius 2 is 2.36 bits per heavy atom. The van der Waals surface area contributed by atoms with Gasteiger partial charge >= 0.3 is 0 Å². The van der Waals surface area contributed by atoms with Crippen LogP contribution in [0, 0.1) is 0 Å². The summed E-state index contributed by atoms with van der Waals surface area (Å²) >= 11 is 3.38. The van der Waals surface area contributed by atoms with Gasteiger partial charge in [-0.1, -0.05) is 15.9 Å². The first-order chi connectivity index (χ1) is 6.79. The minimum atomic E-state index is -0.00586. The zero-order valence-corrected chi connectivity index (χ0v) is 9.41. The first-order valence-electron chi connectivity index (χ1n) is 4.37. The lowest BCUT2D eigenvalue weighted by molar-refractivity contribution is 0.0272. The molecule has 0 aliphatic carbocycles. The molecule has 0 aromatic heterocycles. The van der Waals surface area contributed by atoms with E-state index in [0.29, 0.717) is 13.2 Å². The van der Waals surface area contributed by atoms with Crippen LogP contribution in [0.2, 0.25) is 0 Å². The normalized spacial score (nSPS) is 19.4. The van der Waals surface area contributed by atoms with Crippen molar-refractivity contribution in [3.05, 3.63) is 22.7 Å². The lowest BCUT2D eigenvalue weighted by Gasteiger charge is -2.25. The van der Waals surface area contributed by atoms with Crippen LogP contribution >= 0.6 is 15.9 Å². The van der Waals surface area contributed by atoms with Crippen molar-refractivity contribution in [3.63, 3.8) is 0 Å². The van der Waals surface area contributed by atoms with Crippen LogP contribution in [-0.4, -0.2) is 26.4 Å². The number of benzene rings is 1. The fourth-order valence-corrected chi connectivity index (χ4v) is 1.70. The lowest BCUT2D eigenvalue weighted by Crippen LogP contribution is -2.32. The second-order valence-corrected chi connectivity index (χ2v) is 4.01. The van der Waals surface area contributed by atoms with E-state index in [1.165, 1.54) is 0 Å². The number of ether oxygens (including phenoxy) is 3. The summed E-state index contributed by atoms with van der Waals surface area (Å²) in [7, 11) is 1.65. The van der Waals surface area contributed by atoms with Gasteiger partial charge in [0.25, 0.3) is 0 Å². The van der Waals surface area contributed by atoms with Crippen molar-refractivity contribution < 1.29 is 14.2 Å². The fraction of sp³-hybridized carbons (Fsp3) is 0.400. The summed E-state index contributed by atoms with van der Waals surface area (Å²) in [4.78, 5) is 0. The van der Waals surface area contributed by atoms with E-state index in [1.807, 2.05) is 18.2 Å². The molecule has 1 aliphatic heterocycles. The van der Waals surface area contributed by atoms with E-state index in [1.54, 1.807) is 7.11 Å². The molecule has 0 N–H and O–H groups in total. The Balaban J connectivity index is 2.15. The van der Waals surface area contributed by atoms with Crippen LogP contribution in [-0.2, 0) is 4.74 Å². The van der Waals surface area contributed by atoms with Crippen LogP contribution in [0.15, 0.2) is 22.7 Å². The summed E-state index contributed by atoms with van der Waals surface area (Å²) in [6, 6.07) is 5.72. The van der Waals surface area contributed by atoms with Gasteiger partial charge in [-0.15, -0.1) is 0 Å². The van der Waals surface area contributed by atoms with E-state index in [9.17, 15) is 0 Å². The summed E-state index contributed by atoms with van der Waals surface area (Å²) in [5, 5.41) is 0. The maximum absolute atomic E-state index is 5.66. The molecule has 1 aromatic carbocycles. The Kier molecular flexibility index (Phi) is 2.93.